The van der Waals surface area contributed by atoms with Gasteiger partial charge in [0.15, 0.2) is 0 Å². The van der Waals surface area contributed by atoms with E-state index in [1.165, 1.54) is 0 Å². The number of hydrogen-bond acceptors (Lipinski definition) is 2. The smallest absolute Gasteiger partial charge is 0.135 e. The molecule has 0 aliphatic heterocycles. The van der Waals surface area contributed by atoms with E-state index in [9.17, 15) is 0 Å². The number of benzene rings is 2. The van der Waals surface area contributed by atoms with Crippen molar-refractivity contribution in [2.75, 3.05) is 0 Å². The van der Waals surface area contributed by atoms with Gasteiger partial charge in [-0.3, -0.25) is 0 Å². The van der Waals surface area contributed by atoms with Gasteiger partial charge < -0.3 is 10.2 Å². The molecular weight excluding hydrogens is 210 g/mol. The molecule has 0 unspecified atom stereocenters. The molecule has 1 atom stereocenters. The van der Waals surface area contributed by atoms with Crippen LogP contribution in [0.4, 0.5) is 0 Å². The first-order valence-corrected chi connectivity index (χ1v) is 5.42. The molecule has 0 radical (unpaired) electrons. The van der Waals surface area contributed by atoms with Gasteiger partial charge in [0.05, 0.1) is 6.04 Å². The van der Waals surface area contributed by atoms with Gasteiger partial charge in [0.2, 0.25) is 0 Å². The average molecular weight is 221 g/mol. The minimum Gasteiger partial charge on any atom is -0.456 e. The predicted molar refractivity (Wildman–Crippen MR) is 69.5 cm³/mol. The summed E-state index contributed by atoms with van der Waals surface area (Å²) in [7, 11) is 0. The van der Waals surface area contributed by atoms with Crippen LogP contribution in [0.15, 0.2) is 46.9 Å². The van der Waals surface area contributed by atoms with E-state index in [-0.39, 0.29) is 6.04 Å². The molecule has 0 aliphatic carbocycles. The molecule has 0 saturated carbocycles. The van der Waals surface area contributed by atoms with Gasteiger partial charge in [-0.2, -0.15) is 0 Å². The van der Waals surface area contributed by atoms with E-state index in [4.69, 9.17) is 16.6 Å². The third-order valence-corrected chi connectivity index (χ3v) is 2.94. The molecule has 1 aromatic heterocycles. The number of hydrogen-bond donors (Lipinski definition) is 1. The number of furan rings is 1. The number of rotatable bonds is 1. The first-order valence-electron chi connectivity index (χ1n) is 5.42. The maximum Gasteiger partial charge on any atom is 0.135 e. The van der Waals surface area contributed by atoms with Crippen LogP contribution in [0.3, 0.4) is 0 Å². The monoisotopic (exact) mass is 221 g/mol. The molecule has 82 valence electrons. The third-order valence-electron chi connectivity index (χ3n) is 2.94. The maximum absolute atomic E-state index is 5.83. The van der Waals surface area contributed by atoms with Crippen molar-refractivity contribution < 1.29 is 4.42 Å². The molecule has 0 spiro atoms. The highest BCUT2D eigenvalue weighted by Crippen LogP contribution is 2.30. The predicted octanol–water partition coefficient (Wildman–Crippen LogP) is 3.22. The molecule has 2 heteroatoms. The SMILES string of the molecule is C#C[C@H](N)c1ccc2oc3ccccc3c2c1. The van der Waals surface area contributed by atoms with Crippen molar-refractivity contribution in [3.63, 3.8) is 0 Å². The number of nitrogens with two attached hydrogens (primary N) is 1. The van der Waals surface area contributed by atoms with Gasteiger partial charge >= 0.3 is 0 Å². The molecule has 3 rings (SSSR count). The normalized spacial score (nSPS) is 12.7. The number of para-hydroxylation sites is 1. The lowest BCUT2D eigenvalue weighted by Crippen LogP contribution is -2.06. The first-order chi connectivity index (χ1) is 8.29. The Kier molecular flexibility index (Phi) is 2.14. The van der Waals surface area contributed by atoms with E-state index in [2.05, 4.69) is 5.92 Å². The summed E-state index contributed by atoms with van der Waals surface area (Å²) in [5.74, 6) is 2.53. The largest absolute Gasteiger partial charge is 0.456 e. The zero-order chi connectivity index (χ0) is 11.8. The summed E-state index contributed by atoms with van der Waals surface area (Å²) >= 11 is 0. The second-order valence-electron chi connectivity index (χ2n) is 4.00. The van der Waals surface area contributed by atoms with Gasteiger partial charge in [-0.05, 0) is 23.8 Å². The van der Waals surface area contributed by atoms with Crippen molar-refractivity contribution in [2.45, 2.75) is 6.04 Å². The molecule has 0 fully saturated rings. The van der Waals surface area contributed by atoms with Crippen molar-refractivity contribution in [3.05, 3.63) is 48.0 Å². The molecule has 1 heterocycles. The van der Waals surface area contributed by atoms with Crippen molar-refractivity contribution in [1.29, 1.82) is 0 Å². The van der Waals surface area contributed by atoms with Crippen molar-refractivity contribution in [1.82, 2.24) is 0 Å². The molecule has 17 heavy (non-hydrogen) atoms. The van der Waals surface area contributed by atoms with Gasteiger partial charge in [0.1, 0.15) is 11.2 Å². The molecule has 0 aliphatic rings. The van der Waals surface area contributed by atoms with Crippen molar-refractivity contribution in [2.24, 2.45) is 5.73 Å². The summed E-state index contributed by atoms with van der Waals surface area (Å²) in [5.41, 5.74) is 8.51. The van der Waals surface area contributed by atoms with Crippen LogP contribution < -0.4 is 5.73 Å². The van der Waals surface area contributed by atoms with Crippen LogP contribution >= 0.6 is 0 Å². The molecule has 0 saturated heterocycles. The Morgan fingerprint density at radius 2 is 1.82 bits per heavy atom. The fourth-order valence-electron chi connectivity index (χ4n) is 2.03. The molecule has 2 nitrogen and oxygen atoms in total. The Bertz CT molecular complexity index is 733. The van der Waals surface area contributed by atoms with E-state index < -0.39 is 0 Å². The van der Waals surface area contributed by atoms with E-state index >= 15 is 0 Å². The zero-order valence-electron chi connectivity index (χ0n) is 9.18. The van der Waals surface area contributed by atoms with Crippen LogP contribution in [-0.4, -0.2) is 0 Å². The minimum absolute atomic E-state index is 0.368. The molecule has 2 aromatic carbocycles. The number of terminal acetylenes is 1. The molecule has 0 bridgehead atoms. The molecule has 0 amide bonds. The Labute approximate surface area is 99.0 Å². The van der Waals surface area contributed by atoms with Gasteiger partial charge in [0.25, 0.3) is 0 Å². The summed E-state index contributed by atoms with van der Waals surface area (Å²) < 4.78 is 5.73. The second-order valence-corrected chi connectivity index (χ2v) is 4.00. The average Bonchev–Trinajstić information content (AvgIpc) is 2.75. The van der Waals surface area contributed by atoms with E-state index in [1.54, 1.807) is 0 Å². The van der Waals surface area contributed by atoms with E-state index in [1.807, 2.05) is 42.5 Å². The molecule has 2 N–H and O–H groups in total. The summed E-state index contributed by atoms with van der Waals surface area (Å²) in [6, 6.07) is 13.4. The highest BCUT2D eigenvalue weighted by molar-refractivity contribution is 6.05. The van der Waals surface area contributed by atoms with Crippen LogP contribution in [0.25, 0.3) is 21.9 Å². The Hall–Kier alpha value is -2.24. The lowest BCUT2D eigenvalue weighted by Gasteiger charge is -2.03. The van der Waals surface area contributed by atoms with Crippen molar-refractivity contribution >= 4 is 21.9 Å². The highest BCUT2D eigenvalue weighted by Gasteiger charge is 2.09. The zero-order valence-corrected chi connectivity index (χ0v) is 9.18. The van der Waals surface area contributed by atoms with Gasteiger partial charge in [-0.25, -0.2) is 0 Å². The summed E-state index contributed by atoms with van der Waals surface area (Å²) in [5, 5.41) is 2.15. The summed E-state index contributed by atoms with van der Waals surface area (Å²) in [6.07, 6.45) is 5.34. The highest BCUT2D eigenvalue weighted by atomic mass is 16.3. The lowest BCUT2D eigenvalue weighted by molar-refractivity contribution is 0.668. The molecule has 3 aromatic rings. The van der Waals surface area contributed by atoms with Crippen LogP contribution in [-0.2, 0) is 0 Å². The van der Waals surface area contributed by atoms with Crippen LogP contribution in [0.5, 0.6) is 0 Å². The lowest BCUT2D eigenvalue weighted by atomic mass is 10.0. The fraction of sp³-hybridized carbons (Fsp3) is 0.0667. The van der Waals surface area contributed by atoms with Crippen LogP contribution in [0.2, 0.25) is 0 Å². The second kappa shape index (κ2) is 3.65. The third kappa shape index (κ3) is 1.49. The van der Waals surface area contributed by atoms with Crippen LogP contribution in [0, 0.1) is 12.3 Å². The first kappa shape index (κ1) is 9.95. The van der Waals surface area contributed by atoms with Crippen LogP contribution in [0.1, 0.15) is 11.6 Å². The Morgan fingerprint density at radius 1 is 1.06 bits per heavy atom. The topological polar surface area (TPSA) is 39.2 Å². The minimum atomic E-state index is -0.368. The van der Waals surface area contributed by atoms with E-state index in [0.29, 0.717) is 0 Å². The Morgan fingerprint density at radius 3 is 2.65 bits per heavy atom. The van der Waals surface area contributed by atoms with Gasteiger partial charge in [0, 0.05) is 10.8 Å². The van der Waals surface area contributed by atoms with Gasteiger partial charge in [-0.1, -0.05) is 30.2 Å². The fourth-order valence-corrected chi connectivity index (χ4v) is 2.03. The summed E-state index contributed by atoms with van der Waals surface area (Å²) in [6.45, 7) is 0. The number of fused-ring (bicyclic) bond motifs is 3. The van der Waals surface area contributed by atoms with E-state index in [0.717, 1.165) is 27.5 Å². The summed E-state index contributed by atoms with van der Waals surface area (Å²) in [4.78, 5) is 0. The molecular formula is C15H11NO. The Balaban J connectivity index is 2.34. The standard InChI is InChI=1S/C15H11NO/c1-2-13(16)10-7-8-15-12(9-10)11-5-3-4-6-14(11)17-15/h1,3-9,13H,16H2/t13-/m0/s1. The quantitative estimate of drug-likeness (QED) is 0.641. The maximum atomic E-state index is 5.83. The van der Waals surface area contributed by atoms with Crippen molar-refractivity contribution in [3.8, 4) is 12.3 Å². The van der Waals surface area contributed by atoms with Gasteiger partial charge in [-0.15, -0.1) is 6.42 Å².